The molecule has 0 amide bonds. The van der Waals surface area contributed by atoms with E-state index in [2.05, 4.69) is 4.98 Å². The number of nitrogens with zero attached hydrogens (tertiary/aromatic N) is 2. The van der Waals surface area contributed by atoms with Crippen LogP contribution >= 0.6 is 0 Å². The molecule has 9 heteroatoms. The van der Waals surface area contributed by atoms with Crippen molar-refractivity contribution in [2.45, 2.75) is 0 Å². The molecule has 9 nitrogen and oxygen atoms in total. The Labute approximate surface area is 111 Å². The van der Waals surface area contributed by atoms with Crippen molar-refractivity contribution in [2.24, 2.45) is 0 Å². The van der Waals surface area contributed by atoms with Crippen LogP contribution in [0.15, 0.2) is 28.9 Å². The summed E-state index contributed by atoms with van der Waals surface area (Å²) in [6, 6.07) is 3.90. The van der Waals surface area contributed by atoms with Gasteiger partial charge < -0.3 is 19.0 Å². The van der Waals surface area contributed by atoms with Crippen LogP contribution in [-0.4, -0.2) is 28.1 Å². The number of benzene rings is 1. The number of nitro benzene ring substituents is 1. The van der Waals surface area contributed by atoms with Crippen molar-refractivity contribution in [1.82, 2.24) is 4.98 Å². The van der Waals surface area contributed by atoms with Crippen molar-refractivity contribution in [3.63, 3.8) is 0 Å². The maximum absolute atomic E-state index is 10.9. The summed E-state index contributed by atoms with van der Waals surface area (Å²) in [5, 5.41) is 19.6. The van der Waals surface area contributed by atoms with E-state index in [1.165, 1.54) is 19.2 Å². The molecule has 0 spiro atoms. The molecule has 2 aromatic rings. The van der Waals surface area contributed by atoms with Crippen molar-refractivity contribution in [2.75, 3.05) is 7.11 Å². The molecule has 0 saturated heterocycles. The lowest BCUT2D eigenvalue weighted by Crippen LogP contribution is -1.97. The van der Waals surface area contributed by atoms with Crippen LogP contribution in [0.3, 0.4) is 0 Å². The van der Waals surface area contributed by atoms with E-state index in [1.54, 1.807) is 0 Å². The van der Waals surface area contributed by atoms with E-state index in [4.69, 9.17) is 19.0 Å². The number of aromatic carboxylic acids is 1. The zero-order valence-corrected chi connectivity index (χ0v) is 10.1. The predicted molar refractivity (Wildman–Crippen MR) is 63.2 cm³/mol. The lowest BCUT2D eigenvalue weighted by Gasteiger charge is -2.04. The largest absolute Gasteiger partial charge is 0.496 e. The van der Waals surface area contributed by atoms with E-state index in [0.717, 1.165) is 12.3 Å². The fourth-order valence-corrected chi connectivity index (χ4v) is 1.35. The van der Waals surface area contributed by atoms with E-state index in [-0.39, 0.29) is 22.9 Å². The van der Waals surface area contributed by atoms with Crippen LogP contribution in [0.25, 0.3) is 0 Å². The number of rotatable bonds is 5. The van der Waals surface area contributed by atoms with Gasteiger partial charge in [-0.3, -0.25) is 10.1 Å². The van der Waals surface area contributed by atoms with Gasteiger partial charge in [-0.1, -0.05) is 0 Å². The molecule has 1 N–H and O–H groups in total. The smallest absolute Gasteiger partial charge is 0.400 e. The van der Waals surface area contributed by atoms with Gasteiger partial charge in [0.05, 0.1) is 18.1 Å². The van der Waals surface area contributed by atoms with Crippen molar-refractivity contribution >= 4 is 11.7 Å². The quantitative estimate of drug-likeness (QED) is 0.651. The molecule has 0 fully saturated rings. The van der Waals surface area contributed by atoms with Crippen molar-refractivity contribution < 1.29 is 28.7 Å². The number of oxazole rings is 1. The highest BCUT2D eigenvalue weighted by Gasteiger charge is 2.20. The van der Waals surface area contributed by atoms with Crippen LogP contribution in [0.4, 0.5) is 5.69 Å². The fraction of sp³-hybridized carbons (Fsp3) is 0.0909. The second-order valence-electron chi connectivity index (χ2n) is 3.50. The van der Waals surface area contributed by atoms with Gasteiger partial charge in [0, 0.05) is 0 Å². The van der Waals surface area contributed by atoms with E-state index in [1.807, 2.05) is 0 Å². The first kappa shape index (κ1) is 13.3. The van der Waals surface area contributed by atoms with E-state index in [0.29, 0.717) is 0 Å². The molecule has 2 rings (SSSR count). The molecule has 0 aliphatic rings. The summed E-state index contributed by atoms with van der Waals surface area (Å²) in [6.07, 6.45) is 0.461. The van der Waals surface area contributed by atoms with Gasteiger partial charge in [-0.15, -0.1) is 0 Å². The van der Waals surface area contributed by atoms with E-state index in [9.17, 15) is 14.9 Å². The van der Waals surface area contributed by atoms with Gasteiger partial charge in [-0.05, 0) is 12.1 Å². The highest BCUT2D eigenvalue weighted by Crippen LogP contribution is 2.34. The van der Waals surface area contributed by atoms with Crippen molar-refractivity contribution in [3.8, 4) is 17.6 Å². The topological polar surface area (TPSA) is 125 Å². The second-order valence-corrected chi connectivity index (χ2v) is 3.50. The van der Waals surface area contributed by atoms with E-state index >= 15 is 0 Å². The highest BCUT2D eigenvalue weighted by molar-refractivity contribution is 5.84. The number of hydrogen-bond acceptors (Lipinski definition) is 7. The molecule has 20 heavy (non-hydrogen) atoms. The fourth-order valence-electron chi connectivity index (χ4n) is 1.35. The van der Waals surface area contributed by atoms with Crippen LogP contribution in [0.2, 0.25) is 0 Å². The van der Waals surface area contributed by atoms with Gasteiger partial charge in [0.1, 0.15) is 12.0 Å². The number of methoxy groups -OCH3 is 1. The number of carboxylic acids is 1. The Balaban J connectivity index is 2.32. The molecule has 1 aromatic heterocycles. The van der Waals surface area contributed by atoms with E-state index < -0.39 is 17.0 Å². The number of ether oxygens (including phenoxy) is 2. The minimum Gasteiger partial charge on any atom is -0.496 e. The maximum Gasteiger partial charge on any atom is 0.400 e. The molecule has 104 valence electrons. The molecular formula is C11H8N2O7. The van der Waals surface area contributed by atoms with Crippen molar-refractivity contribution in [1.29, 1.82) is 0 Å². The molecule has 1 aromatic carbocycles. The minimum absolute atomic E-state index is 0.144. The molecule has 0 saturated carbocycles. The van der Waals surface area contributed by atoms with Gasteiger partial charge >= 0.3 is 17.7 Å². The van der Waals surface area contributed by atoms with Crippen LogP contribution < -0.4 is 9.47 Å². The van der Waals surface area contributed by atoms with Crippen molar-refractivity contribution in [3.05, 3.63) is 40.3 Å². The Kier molecular flexibility index (Phi) is 3.51. The standard InChI is InChI=1S/C11H8N2O7/c1-18-6-2-3-9(8(4-6)13(16)17)20-11-12-7(5-19-11)10(14)15/h2-5H,1H3,(H,14,15). The Morgan fingerprint density at radius 2 is 2.25 bits per heavy atom. The van der Waals surface area contributed by atoms with Crippen LogP contribution in [0, 0.1) is 10.1 Å². The third-order valence-electron chi connectivity index (χ3n) is 2.26. The second kappa shape index (κ2) is 5.26. The number of aromatic nitrogens is 1. The zero-order chi connectivity index (χ0) is 14.7. The zero-order valence-electron chi connectivity index (χ0n) is 10.1. The van der Waals surface area contributed by atoms with Crippen LogP contribution in [0.1, 0.15) is 10.5 Å². The molecule has 0 bridgehead atoms. The monoisotopic (exact) mass is 280 g/mol. The Bertz CT molecular complexity index is 665. The van der Waals surface area contributed by atoms with Crippen LogP contribution in [0.5, 0.6) is 17.6 Å². The summed E-state index contributed by atoms with van der Waals surface area (Å²) in [7, 11) is 1.37. The lowest BCUT2D eigenvalue weighted by molar-refractivity contribution is -0.385. The number of carbonyl (C=O) groups is 1. The van der Waals surface area contributed by atoms with Gasteiger partial charge in [-0.25, -0.2) is 4.79 Å². The highest BCUT2D eigenvalue weighted by atomic mass is 16.6. The Morgan fingerprint density at radius 1 is 1.50 bits per heavy atom. The molecule has 0 aliphatic heterocycles. The first-order valence-corrected chi connectivity index (χ1v) is 5.20. The summed E-state index contributed by atoms with van der Waals surface area (Å²) in [5.74, 6) is -1.16. The third-order valence-corrected chi connectivity index (χ3v) is 2.26. The number of carboxylic acid groups (broad SMARTS) is 1. The normalized spacial score (nSPS) is 10.1. The number of nitro groups is 1. The molecule has 0 aliphatic carbocycles. The number of hydrogen-bond donors (Lipinski definition) is 1. The van der Waals surface area contributed by atoms with Gasteiger partial charge in [0.15, 0.2) is 5.69 Å². The predicted octanol–water partition coefficient (Wildman–Crippen LogP) is 2.08. The Morgan fingerprint density at radius 3 is 2.80 bits per heavy atom. The molecule has 0 atom stereocenters. The van der Waals surface area contributed by atoms with Crippen LogP contribution in [-0.2, 0) is 0 Å². The summed E-state index contributed by atoms with van der Waals surface area (Å²) < 4.78 is 14.7. The summed E-state index contributed by atoms with van der Waals surface area (Å²) in [6.45, 7) is 0. The van der Waals surface area contributed by atoms with Gasteiger partial charge in [0.2, 0.25) is 5.75 Å². The SMILES string of the molecule is COc1ccc(Oc2nc(C(=O)O)co2)c([N+](=O)[O-])c1. The molecule has 0 unspecified atom stereocenters. The average Bonchev–Trinajstić information content (AvgIpc) is 2.87. The van der Waals surface area contributed by atoms with Gasteiger partial charge in [0.25, 0.3) is 0 Å². The summed E-state index contributed by atoms with van der Waals surface area (Å²) >= 11 is 0. The third kappa shape index (κ3) is 2.66. The molecule has 0 radical (unpaired) electrons. The molecule has 1 heterocycles. The maximum atomic E-state index is 10.9. The molecular weight excluding hydrogens is 272 g/mol. The summed E-state index contributed by atoms with van der Waals surface area (Å²) in [4.78, 5) is 24.4. The minimum atomic E-state index is -1.30. The van der Waals surface area contributed by atoms with Gasteiger partial charge in [-0.2, -0.15) is 4.98 Å². The summed E-state index contributed by atoms with van der Waals surface area (Å²) in [5.41, 5.74) is -0.726. The Hall–Kier alpha value is -3.10. The first-order valence-electron chi connectivity index (χ1n) is 5.20. The first-order chi connectivity index (χ1) is 9.51. The average molecular weight is 280 g/mol. The lowest BCUT2D eigenvalue weighted by atomic mass is 10.3.